The number of ether oxygens (including phenoxy) is 2. The maximum absolute atomic E-state index is 12.9. The van der Waals surface area contributed by atoms with Crippen molar-refractivity contribution in [2.45, 2.75) is 224 Å². The van der Waals surface area contributed by atoms with Gasteiger partial charge in [0, 0.05) is 6.42 Å². The minimum Gasteiger partial charge on any atom is -0.394 e. The Bertz CT molecular complexity index is 781. The van der Waals surface area contributed by atoms with E-state index in [4.69, 9.17) is 9.47 Å². The molecule has 0 spiro atoms. The summed E-state index contributed by atoms with van der Waals surface area (Å²) < 4.78 is 11.2. The van der Waals surface area contributed by atoms with Crippen LogP contribution in [0.1, 0.15) is 181 Å². The van der Waals surface area contributed by atoms with Crippen molar-refractivity contribution in [2.75, 3.05) is 13.2 Å². The Labute approximate surface area is 299 Å². The molecular weight excluding hydrogens is 622 g/mol. The first kappa shape index (κ1) is 46.0. The van der Waals surface area contributed by atoms with Crippen molar-refractivity contribution in [2.24, 2.45) is 0 Å². The lowest BCUT2D eigenvalue weighted by molar-refractivity contribution is -0.302. The van der Waals surface area contributed by atoms with Gasteiger partial charge >= 0.3 is 0 Å². The van der Waals surface area contributed by atoms with E-state index < -0.39 is 49.5 Å². The maximum Gasteiger partial charge on any atom is 0.220 e. The molecule has 0 aliphatic carbocycles. The SMILES string of the molecule is CCCCCC/C=C\CCCCCCCCCC(=O)NC(COC1OC(CO)C(O)C(O)C1O)C(O)CCCCCCCCCCCCC. The van der Waals surface area contributed by atoms with Gasteiger partial charge in [-0.15, -0.1) is 0 Å². The average molecular weight is 700 g/mol. The van der Waals surface area contributed by atoms with Crippen molar-refractivity contribution in [3.05, 3.63) is 12.2 Å². The van der Waals surface area contributed by atoms with Crippen LogP contribution in [0, 0.1) is 0 Å². The third kappa shape index (κ3) is 23.2. The van der Waals surface area contributed by atoms with Gasteiger partial charge in [0.15, 0.2) is 6.29 Å². The van der Waals surface area contributed by atoms with Crippen LogP contribution in [0.15, 0.2) is 12.2 Å². The average Bonchev–Trinajstić information content (AvgIpc) is 3.10. The summed E-state index contributed by atoms with van der Waals surface area (Å²) >= 11 is 0. The quantitative estimate of drug-likeness (QED) is 0.0307. The first-order valence-corrected chi connectivity index (χ1v) is 20.4. The number of hydrogen-bond acceptors (Lipinski definition) is 8. The highest BCUT2D eigenvalue weighted by atomic mass is 16.7. The summed E-state index contributed by atoms with van der Waals surface area (Å²) in [7, 11) is 0. The molecule has 1 saturated heterocycles. The number of rotatable bonds is 33. The van der Waals surface area contributed by atoms with Gasteiger partial charge in [-0.05, 0) is 38.5 Å². The Morgan fingerprint density at radius 3 is 1.67 bits per heavy atom. The number of carbonyl (C=O) groups is 1. The molecule has 1 heterocycles. The van der Waals surface area contributed by atoms with E-state index in [1.807, 2.05) is 0 Å². The number of aliphatic hydroxyl groups excluding tert-OH is 5. The monoisotopic (exact) mass is 700 g/mol. The highest BCUT2D eigenvalue weighted by Gasteiger charge is 2.44. The Morgan fingerprint density at radius 1 is 0.673 bits per heavy atom. The number of allylic oxidation sites excluding steroid dienone is 2. The van der Waals surface area contributed by atoms with E-state index in [0.29, 0.717) is 12.8 Å². The molecule has 0 aromatic carbocycles. The second-order valence-electron chi connectivity index (χ2n) is 14.4. The normalized spacial score (nSPS) is 22.5. The van der Waals surface area contributed by atoms with E-state index in [1.165, 1.54) is 116 Å². The lowest BCUT2D eigenvalue weighted by Crippen LogP contribution is -2.60. The fraction of sp³-hybridized carbons (Fsp3) is 0.925. The molecular formula is C40H77NO8. The van der Waals surface area contributed by atoms with Gasteiger partial charge in [0.1, 0.15) is 24.4 Å². The van der Waals surface area contributed by atoms with E-state index in [9.17, 15) is 30.3 Å². The second kappa shape index (κ2) is 31.6. The summed E-state index contributed by atoms with van der Waals surface area (Å²) in [6.45, 7) is 3.79. The number of amides is 1. The summed E-state index contributed by atoms with van der Waals surface area (Å²) in [5.74, 6) is -0.151. The molecule has 9 heteroatoms. The molecule has 7 unspecified atom stereocenters. The summed E-state index contributed by atoms with van der Waals surface area (Å²) in [5, 5.41) is 54.1. The minimum atomic E-state index is -1.55. The van der Waals surface area contributed by atoms with Gasteiger partial charge in [0.25, 0.3) is 0 Å². The van der Waals surface area contributed by atoms with Crippen molar-refractivity contribution in [3.8, 4) is 0 Å². The molecule has 0 bridgehead atoms. The summed E-state index contributed by atoms with van der Waals surface area (Å²) in [6, 6.07) is -0.714. The van der Waals surface area contributed by atoms with Crippen molar-refractivity contribution in [1.82, 2.24) is 5.32 Å². The van der Waals surface area contributed by atoms with Crippen LogP contribution in [0.2, 0.25) is 0 Å². The minimum absolute atomic E-state index is 0.137. The van der Waals surface area contributed by atoms with Gasteiger partial charge in [-0.1, -0.05) is 148 Å². The predicted molar refractivity (Wildman–Crippen MR) is 198 cm³/mol. The van der Waals surface area contributed by atoms with Crippen LogP contribution < -0.4 is 5.32 Å². The topological polar surface area (TPSA) is 149 Å². The van der Waals surface area contributed by atoms with Crippen LogP contribution in [0.5, 0.6) is 0 Å². The Kier molecular flexibility index (Phi) is 29.7. The molecule has 0 aromatic rings. The molecule has 0 radical (unpaired) electrons. The Balaban J connectivity index is 2.39. The third-order valence-electron chi connectivity index (χ3n) is 9.87. The largest absolute Gasteiger partial charge is 0.394 e. The van der Waals surface area contributed by atoms with Gasteiger partial charge in [-0.3, -0.25) is 4.79 Å². The van der Waals surface area contributed by atoms with E-state index in [0.717, 1.165) is 38.5 Å². The second-order valence-corrected chi connectivity index (χ2v) is 14.4. The third-order valence-corrected chi connectivity index (χ3v) is 9.87. The zero-order valence-corrected chi connectivity index (χ0v) is 31.5. The van der Waals surface area contributed by atoms with E-state index in [1.54, 1.807) is 0 Å². The van der Waals surface area contributed by atoms with Gasteiger partial charge in [0.2, 0.25) is 5.91 Å². The van der Waals surface area contributed by atoms with Crippen molar-refractivity contribution in [1.29, 1.82) is 0 Å². The molecule has 0 aromatic heterocycles. The van der Waals surface area contributed by atoms with Gasteiger partial charge in [-0.25, -0.2) is 0 Å². The molecule has 1 fully saturated rings. The van der Waals surface area contributed by atoms with E-state index >= 15 is 0 Å². The van der Waals surface area contributed by atoms with Crippen LogP contribution in [0.3, 0.4) is 0 Å². The fourth-order valence-electron chi connectivity index (χ4n) is 6.51. The van der Waals surface area contributed by atoms with Crippen molar-refractivity contribution >= 4 is 5.91 Å². The highest BCUT2D eigenvalue weighted by molar-refractivity contribution is 5.76. The number of nitrogens with one attached hydrogen (secondary N) is 1. The molecule has 0 saturated carbocycles. The molecule has 1 amide bonds. The molecule has 1 aliphatic heterocycles. The zero-order valence-electron chi connectivity index (χ0n) is 31.5. The van der Waals surface area contributed by atoms with Crippen LogP contribution in [0.4, 0.5) is 0 Å². The van der Waals surface area contributed by atoms with Gasteiger partial charge in [-0.2, -0.15) is 0 Å². The van der Waals surface area contributed by atoms with Crippen LogP contribution in [-0.2, 0) is 14.3 Å². The van der Waals surface area contributed by atoms with E-state index in [2.05, 4.69) is 31.3 Å². The Morgan fingerprint density at radius 2 is 1.14 bits per heavy atom. The van der Waals surface area contributed by atoms with Crippen LogP contribution in [-0.4, -0.2) is 87.5 Å². The number of hydrogen-bond donors (Lipinski definition) is 6. The lowest BCUT2D eigenvalue weighted by atomic mass is 9.99. The molecule has 6 N–H and O–H groups in total. The molecule has 9 nitrogen and oxygen atoms in total. The number of carbonyl (C=O) groups excluding carboxylic acids is 1. The first-order valence-electron chi connectivity index (χ1n) is 20.4. The smallest absolute Gasteiger partial charge is 0.220 e. The number of aliphatic hydroxyl groups is 5. The number of unbranched alkanes of at least 4 members (excludes halogenated alkanes) is 21. The first-order chi connectivity index (χ1) is 23.8. The van der Waals surface area contributed by atoms with Crippen molar-refractivity contribution < 1.29 is 39.8 Å². The lowest BCUT2D eigenvalue weighted by Gasteiger charge is -2.40. The molecule has 1 rings (SSSR count). The zero-order chi connectivity index (χ0) is 36.0. The fourth-order valence-corrected chi connectivity index (χ4v) is 6.51. The maximum atomic E-state index is 12.9. The Hall–Kier alpha value is -1.07. The van der Waals surface area contributed by atoms with E-state index in [-0.39, 0.29) is 12.5 Å². The molecule has 49 heavy (non-hydrogen) atoms. The standard InChI is InChI=1S/C40H77NO8/c1-3-5-7-9-11-13-15-16-17-18-20-22-24-26-28-30-36(44)41-33(32-48-40-39(47)38(46)37(45)35(31-42)49-40)34(43)29-27-25-23-21-19-14-12-10-8-6-4-2/h13,15,33-35,37-40,42-43,45-47H,3-12,14,16-32H2,1-2H3,(H,41,44)/b15-13-. The molecule has 290 valence electrons. The van der Waals surface area contributed by atoms with Crippen LogP contribution in [0.25, 0.3) is 0 Å². The van der Waals surface area contributed by atoms with Gasteiger partial charge in [0.05, 0.1) is 25.4 Å². The summed E-state index contributed by atoms with van der Waals surface area (Å²) in [4.78, 5) is 12.9. The highest BCUT2D eigenvalue weighted by Crippen LogP contribution is 2.23. The molecule has 7 atom stereocenters. The van der Waals surface area contributed by atoms with Gasteiger partial charge < -0.3 is 40.3 Å². The summed E-state index contributed by atoms with van der Waals surface area (Å²) in [6.07, 6.45) is 26.4. The predicted octanol–water partition coefficient (Wildman–Crippen LogP) is 7.39. The van der Waals surface area contributed by atoms with Crippen molar-refractivity contribution in [3.63, 3.8) is 0 Å². The summed E-state index contributed by atoms with van der Waals surface area (Å²) in [5.41, 5.74) is 0. The molecule has 1 aliphatic rings. The van der Waals surface area contributed by atoms with Crippen LogP contribution >= 0.6 is 0 Å².